The summed E-state index contributed by atoms with van der Waals surface area (Å²) in [5.41, 5.74) is 6.24. The van der Waals surface area contributed by atoms with Gasteiger partial charge in [0.15, 0.2) is 5.82 Å². The van der Waals surface area contributed by atoms with E-state index in [4.69, 9.17) is 11.1 Å². The molecule has 3 N–H and O–H groups in total. The molecule has 2 heterocycles. The largest absolute Gasteiger partial charge is 0.384 e. The third-order valence-electron chi connectivity index (χ3n) is 3.74. The SMILES string of the molecule is CCN1CCCC1CN(C)c1nnccc1C(=N)N. The number of aromatic nitrogens is 2. The molecule has 0 aromatic carbocycles. The van der Waals surface area contributed by atoms with Crippen LogP contribution < -0.4 is 10.6 Å². The molecule has 2 rings (SSSR count). The summed E-state index contributed by atoms with van der Waals surface area (Å²) in [6.45, 7) is 5.35. The maximum atomic E-state index is 7.60. The van der Waals surface area contributed by atoms with Crippen molar-refractivity contribution in [2.45, 2.75) is 25.8 Å². The van der Waals surface area contributed by atoms with Crippen LogP contribution in [0.3, 0.4) is 0 Å². The van der Waals surface area contributed by atoms with Gasteiger partial charge in [0.05, 0.1) is 11.8 Å². The summed E-state index contributed by atoms with van der Waals surface area (Å²) in [4.78, 5) is 4.54. The summed E-state index contributed by atoms with van der Waals surface area (Å²) in [5.74, 6) is 0.730. The number of nitrogens with one attached hydrogen (secondary N) is 1. The minimum atomic E-state index is 0.0375. The van der Waals surface area contributed by atoms with Crippen LogP contribution in [0.25, 0.3) is 0 Å². The molecule has 1 aliphatic heterocycles. The molecule has 19 heavy (non-hydrogen) atoms. The van der Waals surface area contributed by atoms with Gasteiger partial charge in [-0.2, -0.15) is 5.10 Å². The summed E-state index contributed by atoms with van der Waals surface area (Å²) in [5, 5.41) is 15.6. The van der Waals surface area contributed by atoms with Crippen molar-refractivity contribution >= 4 is 11.7 Å². The molecular formula is C13H22N6. The van der Waals surface area contributed by atoms with Gasteiger partial charge in [0, 0.05) is 19.6 Å². The number of nitrogens with zero attached hydrogens (tertiary/aromatic N) is 4. The fraction of sp³-hybridized carbons (Fsp3) is 0.615. The van der Waals surface area contributed by atoms with Crippen LogP contribution in [0.5, 0.6) is 0 Å². The first kappa shape index (κ1) is 13.7. The van der Waals surface area contributed by atoms with Crippen molar-refractivity contribution in [3.05, 3.63) is 17.8 Å². The van der Waals surface area contributed by atoms with Gasteiger partial charge in [0.25, 0.3) is 0 Å². The predicted octanol–water partition coefficient (Wildman–Crippen LogP) is 0.681. The molecule has 1 unspecified atom stereocenters. The van der Waals surface area contributed by atoms with Gasteiger partial charge in [0.1, 0.15) is 5.84 Å². The van der Waals surface area contributed by atoms with Crippen molar-refractivity contribution in [3.63, 3.8) is 0 Å². The molecule has 1 fully saturated rings. The van der Waals surface area contributed by atoms with Crippen LogP contribution in [0.1, 0.15) is 25.3 Å². The molecule has 104 valence electrons. The Morgan fingerprint density at radius 2 is 2.42 bits per heavy atom. The number of nitrogens with two attached hydrogens (primary N) is 1. The Labute approximate surface area is 114 Å². The highest BCUT2D eigenvalue weighted by Crippen LogP contribution is 2.20. The Balaban J connectivity index is 2.11. The van der Waals surface area contributed by atoms with Gasteiger partial charge >= 0.3 is 0 Å². The average Bonchev–Trinajstić information content (AvgIpc) is 2.85. The van der Waals surface area contributed by atoms with E-state index in [2.05, 4.69) is 26.9 Å². The van der Waals surface area contributed by atoms with Crippen LogP contribution in [-0.4, -0.2) is 53.7 Å². The first-order valence-corrected chi connectivity index (χ1v) is 6.74. The maximum absolute atomic E-state index is 7.60. The fourth-order valence-electron chi connectivity index (χ4n) is 2.74. The van der Waals surface area contributed by atoms with Gasteiger partial charge in [-0.1, -0.05) is 6.92 Å². The summed E-state index contributed by atoms with van der Waals surface area (Å²) in [6, 6.07) is 2.30. The minimum Gasteiger partial charge on any atom is -0.384 e. The lowest BCUT2D eigenvalue weighted by molar-refractivity contribution is 0.270. The number of likely N-dealkylation sites (N-methyl/N-ethyl adjacent to an activating group) is 2. The van der Waals surface area contributed by atoms with E-state index < -0.39 is 0 Å². The van der Waals surface area contributed by atoms with Gasteiger partial charge < -0.3 is 10.6 Å². The van der Waals surface area contributed by atoms with Crippen LogP contribution in [-0.2, 0) is 0 Å². The Morgan fingerprint density at radius 3 is 3.11 bits per heavy atom. The third-order valence-corrected chi connectivity index (χ3v) is 3.74. The van der Waals surface area contributed by atoms with Crippen molar-refractivity contribution in [1.29, 1.82) is 5.41 Å². The molecule has 0 spiro atoms. The second-order valence-corrected chi connectivity index (χ2v) is 4.99. The Hall–Kier alpha value is -1.69. The van der Waals surface area contributed by atoms with E-state index in [9.17, 15) is 0 Å². The molecule has 1 aromatic rings. The molecular weight excluding hydrogens is 240 g/mol. The predicted molar refractivity (Wildman–Crippen MR) is 76.6 cm³/mol. The second kappa shape index (κ2) is 5.97. The van der Waals surface area contributed by atoms with Gasteiger partial charge in [-0.15, -0.1) is 5.10 Å². The van der Waals surface area contributed by atoms with E-state index >= 15 is 0 Å². The van der Waals surface area contributed by atoms with Gasteiger partial charge in [-0.3, -0.25) is 10.3 Å². The quantitative estimate of drug-likeness (QED) is 0.602. The highest BCUT2D eigenvalue weighted by Gasteiger charge is 2.25. The number of rotatable bonds is 5. The molecule has 0 radical (unpaired) electrons. The zero-order valence-corrected chi connectivity index (χ0v) is 11.6. The monoisotopic (exact) mass is 262 g/mol. The number of anilines is 1. The zero-order chi connectivity index (χ0) is 13.8. The molecule has 1 aromatic heterocycles. The average molecular weight is 262 g/mol. The zero-order valence-electron chi connectivity index (χ0n) is 11.6. The number of likely N-dealkylation sites (tertiary alicyclic amines) is 1. The highest BCUT2D eigenvalue weighted by atomic mass is 15.3. The smallest absolute Gasteiger partial charge is 0.162 e. The molecule has 1 saturated heterocycles. The van der Waals surface area contributed by atoms with E-state index in [1.807, 2.05) is 7.05 Å². The highest BCUT2D eigenvalue weighted by molar-refractivity contribution is 5.99. The molecule has 0 amide bonds. The lowest BCUT2D eigenvalue weighted by Crippen LogP contribution is -2.39. The van der Waals surface area contributed by atoms with Gasteiger partial charge in [-0.25, -0.2) is 0 Å². The van der Waals surface area contributed by atoms with E-state index in [0.717, 1.165) is 13.1 Å². The molecule has 0 saturated carbocycles. The van der Waals surface area contributed by atoms with Crippen molar-refractivity contribution in [2.24, 2.45) is 5.73 Å². The third kappa shape index (κ3) is 3.01. The summed E-state index contributed by atoms with van der Waals surface area (Å²) < 4.78 is 0. The summed E-state index contributed by atoms with van der Waals surface area (Å²) in [6.07, 6.45) is 4.04. The van der Waals surface area contributed by atoms with Crippen molar-refractivity contribution in [2.75, 3.05) is 31.6 Å². The van der Waals surface area contributed by atoms with Crippen LogP contribution in [0, 0.1) is 5.41 Å². The first-order chi connectivity index (χ1) is 9.13. The van der Waals surface area contributed by atoms with Crippen LogP contribution >= 0.6 is 0 Å². The number of hydrogen-bond donors (Lipinski definition) is 2. The Morgan fingerprint density at radius 1 is 1.63 bits per heavy atom. The summed E-state index contributed by atoms with van der Waals surface area (Å²) >= 11 is 0. The molecule has 0 bridgehead atoms. The van der Waals surface area contributed by atoms with Gasteiger partial charge in [0.2, 0.25) is 0 Å². The van der Waals surface area contributed by atoms with E-state index in [-0.39, 0.29) is 5.84 Å². The van der Waals surface area contributed by atoms with Crippen LogP contribution in [0.4, 0.5) is 5.82 Å². The van der Waals surface area contributed by atoms with E-state index in [0.29, 0.717) is 17.4 Å². The fourth-order valence-corrected chi connectivity index (χ4v) is 2.74. The Kier molecular flexibility index (Phi) is 4.31. The standard InChI is InChI=1S/C13H22N6/c1-3-19-8-4-5-10(19)9-18(2)13-11(12(14)15)6-7-16-17-13/h6-7,10H,3-5,8-9H2,1-2H3,(H3,14,15). The van der Waals surface area contributed by atoms with Crippen molar-refractivity contribution < 1.29 is 0 Å². The second-order valence-electron chi connectivity index (χ2n) is 4.99. The molecule has 6 nitrogen and oxygen atoms in total. The van der Waals surface area contributed by atoms with Crippen LogP contribution in [0.2, 0.25) is 0 Å². The first-order valence-electron chi connectivity index (χ1n) is 6.74. The molecule has 6 heteroatoms. The Bertz CT molecular complexity index is 447. The van der Waals surface area contributed by atoms with Crippen LogP contribution in [0.15, 0.2) is 12.3 Å². The number of amidine groups is 1. The summed E-state index contributed by atoms with van der Waals surface area (Å²) in [7, 11) is 1.99. The normalized spacial score (nSPS) is 19.6. The van der Waals surface area contributed by atoms with E-state index in [1.165, 1.54) is 19.4 Å². The topological polar surface area (TPSA) is 82.1 Å². The molecule has 1 aliphatic rings. The minimum absolute atomic E-state index is 0.0375. The number of nitrogen functional groups attached to an aromatic ring is 1. The molecule has 0 aliphatic carbocycles. The van der Waals surface area contributed by atoms with Crippen molar-refractivity contribution in [3.8, 4) is 0 Å². The van der Waals surface area contributed by atoms with E-state index in [1.54, 1.807) is 12.3 Å². The number of hydrogen-bond acceptors (Lipinski definition) is 5. The lowest BCUT2D eigenvalue weighted by atomic mass is 10.2. The van der Waals surface area contributed by atoms with Gasteiger partial charge in [-0.05, 0) is 32.0 Å². The lowest BCUT2D eigenvalue weighted by Gasteiger charge is -2.28. The maximum Gasteiger partial charge on any atom is 0.162 e. The molecule has 1 atom stereocenters. The van der Waals surface area contributed by atoms with Crippen molar-refractivity contribution in [1.82, 2.24) is 15.1 Å².